The van der Waals surface area contributed by atoms with Gasteiger partial charge in [-0.25, -0.2) is 0 Å². The number of amides is 1. The lowest BCUT2D eigenvalue weighted by Crippen LogP contribution is -2.31. The molecule has 1 N–H and O–H groups in total. The first kappa shape index (κ1) is 25.9. The molecular formula is C21H25Cl2NO7S. The first-order valence-corrected chi connectivity index (χ1v) is 12.2. The van der Waals surface area contributed by atoms with E-state index in [1.807, 2.05) is 6.92 Å². The molecule has 11 heteroatoms. The molecule has 0 saturated heterocycles. The summed E-state index contributed by atoms with van der Waals surface area (Å²) >= 11 is 11.8. The summed E-state index contributed by atoms with van der Waals surface area (Å²) in [4.78, 5) is 12.2. The molecule has 0 heterocycles. The zero-order valence-electron chi connectivity index (χ0n) is 17.9. The summed E-state index contributed by atoms with van der Waals surface area (Å²) in [6, 6.07) is 7.84. The van der Waals surface area contributed by atoms with E-state index in [-0.39, 0.29) is 37.0 Å². The van der Waals surface area contributed by atoms with Crippen LogP contribution < -0.4 is 23.7 Å². The minimum absolute atomic E-state index is 0.0721. The van der Waals surface area contributed by atoms with Crippen molar-refractivity contribution >= 4 is 39.2 Å². The van der Waals surface area contributed by atoms with E-state index >= 15 is 0 Å². The van der Waals surface area contributed by atoms with Gasteiger partial charge in [0.2, 0.25) is 11.7 Å². The lowest BCUT2D eigenvalue weighted by molar-refractivity contribution is -0.118. The molecule has 0 unspecified atom stereocenters. The van der Waals surface area contributed by atoms with Crippen LogP contribution in [0.4, 0.5) is 0 Å². The third kappa shape index (κ3) is 7.65. The van der Waals surface area contributed by atoms with Crippen LogP contribution in [0, 0.1) is 0 Å². The summed E-state index contributed by atoms with van der Waals surface area (Å²) in [6.45, 7) is 6.26. The summed E-state index contributed by atoms with van der Waals surface area (Å²) in [5.41, 5.74) is 0.662. The van der Waals surface area contributed by atoms with E-state index in [1.54, 1.807) is 32.0 Å². The van der Waals surface area contributed by atoms with Gasteiger partial charge in [0, 0.05) is 18.7 Å². The van der Waals surface area contributed by atoms with Gasteiger partial charge >= 0.3 is 10.1 Å². The van der Waals surface area contributed by atoms with Crippen molar-refractivity contribution in [3.63, 3.8) is 0 Å². The topological polar surface area (TPSA) is 100 Å². The highest BCUT2D eigenvalue weighted by Crippen LogP contribution is 2.42. The van der Waals surface area contributed by atoms with Crippen molar-refractivity contribution in [1.82, 2.24) is 5.32 Å². The van der Waals surface area contributed by atoms with Crippen molar-refractivity contribution in [2.75, 3.05) is 25.6 Å². The molecule has 0 radical (unpaired) electrons. The Kier molecular flexibility index (Phi) is 9.74. The van der Waals surface area contributed by atoms with Gasteiger partial charge in [-0.3, -0.25) is 4.79 Å². The Balaban J connectivity index is 2.16. The molecule has 0 bridgehead atoms. The van der Waals surface area contributed by atoms with E-state index in [4.69, 9.17) is 41.6 Å². The maximum Gasteiger partial charge on any atom is 0.318 e. The van der Waals surface area contributed by atoms with Crippen LogP contribution >= 0.6 is 23.2 Å². The van der Waals surface area contributed by atoms with Gasteiger partial charge in [-0.2, -0.15) is 8.42 Å². The Labute approximate surface area is 197 Å². The predicted molar refractivity (Wildman–Crippen MR) is 123 cm³/mol. The summed E-state index contributed by atoms with van der Waals surface area (Å²) < 4.78 is 46.9. The first-order valence-electron chi connectivity index (χ1n) is 9.88. The second-order valence-electron chi connectivity index (χ2n) is 6.36. The van der Waals surface area contributed by atoms with Gasteiger partial charge in [-0.05, 0) is 38.5 Å². The number of hydrogen-bond donors (Lipinski definition) is 1. The van der Waals surface area contributed by atoms with Crippen molar-refractivity contribution < 1.29 is 31.6 Å². The molecule has 176 valence electrons. The quantitative estimate of drug-likeness (QED) is 0.431. The number of rotatable bonds is 12. The number of carbonyl (C=O) groups is 1. The molecule has 2 rings (SSSR count). The van der Waals surface area contributed by atoms with E-state index in [1.165, 1.54) is 12.1 Å². The zero-order chi connectivity index (χ0) is 23.7. The molecule has 0 aliphatic heterocycles. The van der Waals surface area contributed by atoms with E-state index in [9.17, 15) is 13.2 Å². The third-order valence-corrected chi connectivity index (χ3v) is 5.67. The van der Waals surface area contributed by atoms with Gasteiger partial charge < -0.3 is 23.7 Å². The zero-order valence-corrected chi connectivity index (χ0v) is 20.3. The van der Waals surface area contributed by atoms with Gasteiger partial charge in [0.05, 0.1) is 29.9 Å². The van der Waals surface area contributed by atoms with Crippen LogP contribution in [-0.4, -0.2) is 39.9 Å². The van der Waals surface area contributed by atoms with E-state index in [0.717, 1.165) is 0 Å². The maximum absolute atomic E-state index is 12.6. The molecule has 0 fully saturated rings. The van der Waals surface area contributed by atoms with Crippen LogP contribution in [0.25, 0.3) is 0 Å². The number of carbonyl (C=O) groups excluding carboxylic acids is 1. The Hall–Kier alpha value is -2.36. The number of benzene rings is 2. The highest BCUT2D eigenvalue weighted by Gasteiger charge is 2.25. The number of nitrogens with one attached hydrogen (secondary N) is 1. The maximum atomic E-state index is 12.6. The lowest BCUT2D eigenvalue weighted by Gasteiger charge is -2.17. The highest BCUT2D eigenvalue weighted by atomic mass is 35.5. The molecule has 0 aromatic heterocycles. The van der Waals surface area contributed by atoms with E-state index in [2.05, 4.69) is 5.32 Å². The molecule has 8 nitrogen and oxygen atoms in total. The number of hydrogen-bond acceptors (Lipinski definition) is 7. The van der Waals surface area contributed by atoms with Crippen molar-refractivity contribution in [3.8, 4) is 23.0 Å². The van der Waals surface area contributed by atoms with Crippen molar-refractivity contribution in [2.24, 2.45) is 0 Å². The van der Waals surface area contributed by atoms with Crippen molar-refractivity contribution in [2.45, 2.75) is 27.3 Å². The third-order valence-electron chi connectivity index (χ3n) is 3.90. The smallest absolute Gasteiger partial charge is 0.318 e. The molecule has 0 spiro atoms. The van der Waals surface area contributed by atoms with Crippen molar-refractivity contribution in [1.29, 1.82) is 0 Å². The van der Waals surface area contributed by atoms with Gasteiger partial charge in [0.25, 0.3) is 0 Å². The summed E-state index contributed by atoms with van der Waals surface area (Å²) in [5.74, 6) is -1.11. The largest absolute Gasteiger partial charge is 0.494 e. The van der Waals surface area contributed by atoms with Gasteiger partial charge in [0.1, 0.15) is 5.75 Å². The standard InChI is InChI=1S/C21H25Cl2NO7S/c1-4-28-15-10-18(29-5-2)21(19(11-15)30-6-3)31-32(26,27)13-20(25)24-12-14-7-8-16(22)17(23)9-14/h7-11H,4-6,12-13H2,1-3H3,(H,24,25). The summed E-state index contributed by atoms with van der Waals surface area (Å²) in [5, 5.41) is 3.22. The van der Waals surface area contributed by atoms with E-state index < -0.39 is 21.8 Å². The summed E-state index contributed by atoms with van der Waals surface area (Å²) in [6.07, 6.45) is 0. The Morgan fingerprint density at radius 3 is 2.03 bits per heavy atom. The second-order valence-corrected chi connectivity index (χ2v) is 8.74. The molecule has 2 aromatic rings. The van der Waals surface area contributed by atoms with Crippen LogP contribution in [0.3, 0.4) is 0 Å². The highest BCUT2D eigenvalue weighted by molar-refractivity contribution is 7.87. The first-order chi connectivity index (χ1) is 15.2. The van der Waals surface area contributed by atoms with Crippen LogP contribution in [0.1, 0.15) is 26.3 Å². The fraction of sp³-hybridized carbons (Fsp3) is 0.381. The molecular weight excluding hydrogens is 481 g/mol. The fourth-order valence-corrected chi connectivity index (χ4v) is 3.85. The van der Waals surface area contributed by atoms with E-state index in [0.29, 0.717) is 28.0 Å². The Bertz CT molecular complexity index is 1020. The monoisotopic (exact) mass is 505 g/mol. The average Bonchev–Trinajstić information content (AvgIpc) is 2.71. The predicted octanol–water partition coefficient (Wildman–Crippen LogP) is 4.21. The molecule has 0 saturated carbocycles. The number of halogens is 2. The van der Waals surface area contributed by atoms with Crippen molar-refractivity contribution in [3.05, 3.63) is 45.9 Å². The SMILES string of the molecule is CCOc1cc(OCC)c(OS(=O)(=O)CC(=O)NCc2ccc(Cl)c(Cl)c2)c(OCC)c1. The molecule has 0 aliphatic carbocycles. The summed E-state index contributed by atoms with van der Waals surface area (Å²) in [7, 11) is -4.32. The number of ether oxygens (including phenoxy) is 3. The normalized spacial score (nSPS) is 11.0. The minimum atomic E-state index is -4.32. The Morgan fingerprint density at radius 1 is 0.906 bits per heavy atom. The average molecular weight is 506 g/mol. The second kappa shape index (κ2) is 12.0. The molecule has 32 heavy (non-hydrogen) atoms. The van der Waals surface area contributed by atoms with Crippen LogP contribution in [-0.2, 0) is 21.5 Å². The van der Waals surface area contributed by atoms with Gasteiger partial charge in [-0.1, -0.05) is 29.3 Å². The van der Waals surface area contributed by atoms with Gasteiger partial charge in [-0.15, -0.1) is 0 Å². The van der Waals surface area contributed by atoms with Crippen LogP contribution in [0.2, 0.25) is 10.0 Å². The lowest BCUT2D eigenvalue weighted by atomic mass is 10.2. The fourth-order valence-electron chi connectivity index (χ4n) is 2.63. The minimum Gasteiger partial charge on any atom is -0.494 e. The molecule has 2 aromatic carbocycles. The Morgan fingerprint density at radius 2 is 1.50 bits per heavy atom. The molecule has 0 atom stereocenters. The molecule has 1 amide bonds. The van der Waals surface area contributed by atoms with Crippen LogP contribution in [0.15, 0.2) is 30.3 Å². The van der Waals surface area contributed by atoms with Crippen LogP contribution in [0.5, 0.6) is 23.0 Å². The van der Waals surface area contributed by atoms with Gasteiger partial charge in [0.15, 0.2) is 17.3 Å². The molecule has 0 aliphatic rings.